The van der Waals surface area contributed by atoms with Crippen LogP contribution in [0.4, 0.5) is 8.78 Å². The number of carbonyl (C=O) groups is 3. The molecule has 1 heterocycles. The first-order valence-electron chi connectivity index (χ1n) is 8.82. The molecule has 1 saturated heterocycles. The van der Waals surface area contributed by atoms with Gasteiger partial charge in [0.25, 0.3) is 11.8 Å². The molecular weight excluding hydrogens is 344 g/mol. The van der Waals surface area contributed by atoms with Crippen molar-refractivity contribution < 1.29 is 28.0 Å². The third-order valence-corrected chi connectivity index (χ3v) is 5.20. The lowest BCUT2D eigenvalue weighted by molar-refractivity contribution is -0.172. The Hall–Kier alpha value is -2.31. The highest BCUT2D eigenvalue weighted by molar-refractivity contribution is 6.02. The smallest absolute Gasteiger partial charge is 0.325 e. The summed E-state index contributed by atoms with van der Waals surface area (Å²) in [5.41, 5.74) is 1.03. The highest BCUT2D eigenvalue weighted by Crippen LogP contribution is 2.35. The molecule has 1 saturated carbocycles. The SMILES string of the molecule is CC1C(F)CCC(Cc2ccc(C(=O)ON3C(=O)CCC3=O)cc2)C1F. The van der Waals surface area contributed by atoms with Gasteiger partial charge >= 0.3 is 5.97 Å². The minimum atomic E-state index is -1.18. The second kappa shape index (κ2) is 7.51. The Morgan fingerprint density at radius 3 is 2.35 bits per heavy atom. The van der Waals surface area contributed by atoms with Crippen LogP contribution >= 0.6 is 0 Å². The van der Waals surface area contributed by atoms with E-state index in [-0.39, 0.29) is 24.3 Å². The molecule has 0 aromatic heterocycles. The summed E-state index contributed by atoms with van der Waals surface area (Å²) in [5, 5.41) is 0.501. The van der Waals surface area contributed by atoms with Crippen molar-refractivity contribution in [2.24, 2.45) is 11.8 Å². The van der Waals surface area contributed by atoms with Crippen LogP contribution in [0.1, 0.15) is 48.5 Å². The zero-order chi connectivity index (χ0) is 18.8. The van der Waals surface area contributed by atoms with Gasteiger partial charge in [-0.3, -0.25) is 9.59 Å². The predicted molar refractivity (Wildman–Crippen MR) is 88.3 cm³/mol. The van der Waals surface area contributed by atoms with Crippen LogP contribution < -0.4 is 0 Å². The molecule has 4 unspecified atom stereocenters. The first-order chi connectivity index (χ1) is 12.4. The molecular formula is C19H21F2NO4. The first kappa shape index (κ1) is 18.5. The fourth-order valence-corrected chi connectivity index (χ4v) is 3.51. The molecule has 1 aromatic carbocycles. The first-order valence-corrected chi connectivity index (χ1v) is 8.82. The lowest BCUT2D eigenvalue weighted by atomic mass is 9.77. The van der Waals surface area contributed by atoms with E-state index in [0.717, 1.165) is 5.56 Å². The highest BCUT2D eigenvalue weighted by Gasteiger charge is 2.37. The number of alkyl halides is 2. The summed E-state index contributed by atoms with van der Waals surface area (Å²) in [4.78, 5) is 39.8. The molecule has 4 atom stereocenters. The van der Waals surface area contributed by atoms with Crippen LogP contribution in [-0.4, -0.2) is 35.2 Å². The molecule has 1 aromatic rings. The van der Waals surface area contributed by atoms with Gasteiger partial charge in [-0.2, -0.15) is 0 Å². The van der Waals surface area contributed by atoms with Crippen LogP contribution in [0.25, 0.3) is 0 Å². The topological polar surface area (TPSA) is 63.7 Å². The van der Waals surface area contributed by atoms with Crippen molar-refractivity contribution in [1.82, 2.24) is 5.06 Å². The lowest BCUT2D eigenvalue weighted by Crippen LogP contribution is -2.36. The van der Waals surface area contributed by atoms with E-state index in [1.165, 1.54) is 12.1 Å². The minimum absolute atomic E-state index is 0.0367. The van der Waals surface area contributed by atoms with Crippen LogP contribution in [0.3, 0.4) is 0 Å². The molecule has 0 spiro atoms. The van der Waals surface area contributed by atoms with E-state index in [4.69, 9.17) is 4.84 Å². The summed E-state index contributed by atoms with van der Waals surface area (Å²) < 4.78 is 27.9. The number of nitrogens with zero attached hydrogens (tertiary/aromatic N) is 1. The zero-order valence-corrected chi connectivity index (χ0v) is 14.5. The van der Waals surface area contributed by atoms with Gasteiger partial charge in [0.15, 0.2) is 0 Å². The molecule has 1 aliphatic carbocycles. The van der Waals surface area contributed by atoms with Gasteiger partial charge in [-0.1, -0.05) is 19.1 Å². The minimum Gasteiger partial charge on any atom is -0.325 e. The molecule has 140 valence electrons. The molecule has 1 aliphatic heterocycles. The van der Waals surface area contributed by atoms with Crippen LogP contribution in [0, 0.1) is 11.8 Å². The van der Waals surface area contributed by atoms with E-state index >= 15 is 0 Å². The molecule has 3 rings (SSSR count). The van der Waals surface area contributed by atoms with Crippen molar-refractivity contribution in [1.29, 1.82) is 0 Å². The summed E-state index contributed by atoms with van der Waals surface area (Å²) in [5.74, 6) is -2.71. The molecule has 2 aliphatic rings. The highest BCUT2D eigenvalue weighted by atomic mass is 19.1. The standard InChI is InChI=1S/C19H21F2NO4/c1-11-15(20)7-6-14(18(11)21)10-12-2-4-13(5-3-12)19(25)26-22-16(23)8-9-17(22)24/h2-5,11,14-15,18H,6-10H2,1H3. The van der Waals surface area contributed by atoms with E-state index in [9.17, 15) is 23.2 Å². The van der Waals surface area contributed by atoms with Gasteiger partial charge in [0.05, 0.1) is 5.56 Å². The van der Waals surface area contributed by atoms with E-state index in [2.05, 4.69) is 0 Å². The van der Waals surface area contributed by atoms with Crippen LogP contribution in [0.15, 0.2) is 24.3 Å². The number of imide groups is 1. The van der Waals surface area contributed by atoms with Crippen molar-refractivity contribution in [3.8, 4) is 0 Å². The van der Waals surface area contributed by atoms with Gasteiger partial charge in [-0.05, 0) is 42.9 Å². The fraction of sp³-hybridized carbons (Fsp3) is 0.526. The third-order valence-electron chi connectivity index (χ3n) is 5.20. The number of hydroxylamine groups is 2. The van der Waals surface area contributed by atoms with Crippen LogP contribution in [0.5, 0.6) is 0 Å². The number of hydrogen-bond donors (Lipinski definition) is 0. The molecule has 2 amide bonds. The van der Waals surface area contributed by atoms with Crippen molar-refractivity contribution in [3.63, 3.8) is 0 Å². The van der Waals surface area contributed by atoms with Crippen molar-refractivity contribution >= 4 is 17.8 Å². The molecule has 26 heavy (non-hydrogen) atoms. The number of hydrogen-bond acceptors (Lipinski definition) is 4. The van der Waals surface area contributed by atoms with Gasteiger partial charge in [-0.25, -0.2) is 13.6 Å². The monoisotopic (exact) mass is 365 g/mol. The molecule has 0 N–H and O–H groups in total. The van der Waals surface area contributed by atoms with E-state index in [0.29, 0.717) is 24.3 Å². The van der Waals surface area contributed by atoms with E-state index in [1.54, 1.807) is 19.1 Å². The maximum absolute atomic E-state index is 14.3. The number of halogens is 2. The summed E-state index contributed by atoms with van der Waals surface area (Å²) in [6.45, 7) is 1.60. The van der Waals surface area contributed by atoms with Crippen molar-refractivity contribution in [3.05, 3.63) is 35.4 Å². The predicted octanol–water partition coefficient (Wildman–Crippen LogP) is 3.17. The van der Waals surface area contributed by atoms with Crippen LogP contribution in [-0.2, 0) is 20.8 Å². The summed E-state index contributed by atoms with van der Waals surface area (Å²) >= 11 is 0. The second-order valence-electron chi connectivity index (χ2n) is 7.02. The number of carbonyl (C=O) groups excluding carboxylic acids is 3. The molecule has 5 nitrogen and oxygen atoms in total. The molecule has 2 fully saturated rings. The van der Waals surface area contributed by atoms with Gasteiger partial charge in [0.2, 0.25) is 0 Å². The van der Waals surface area contributed by atoms with Crippen molar-refractivity contribution in [2.45, 2.75) is 51.4 Å². The third kappa shape index (κ3) is 3.76. The average molecular weight is 365 g/mol. The Morgan fingerprint density at radius 2 is 1.73 bits per heavy atom. The summed E-state index contributed by atoms with van der Waals surface area (Å²) in [6.07, 6.45) is -0.866. The Bertz CT molecular complexity index is 690. The lowest BCUT2D eigenvalue weighted by Gasteiger charge is -2.33. The normalized spacial score (nSPS) is 29.1. The second-order valence-corrected chi connectivity index (χ2v) is 7.02. The maximum Gasteiger partial charge on any atom is 0.363 e. The number of amides is 2. The Kier molecular flexibility index (Phi) is 5.34. The summed E-state index contributed by atoms with van der Waals surface area (Å²) in [6, 6.07) is 6.40. The largest absolute Gasteiger partial charge is 0.363 e. The van der Waals surface area contributed by atoms with Gasteiger partial charge in [-0.15, -0.1) is 5.06 Å². The van der Waals surface area contributed by atoms with Gasteiger partial charge in [0.1, 0.15) is 12.3 Å². The zero-order valence-electron chi connectivity index (χ0n) is 14.5. The average Bonchev–Trinajstić information content (AvgIpc) is 2.94. The Balaban J connectivity index is 1.60. The molecule has 7 heteroatoms. The number of rotatable bonds is 4. The summed E-state index contributed by atoms with van der Waals surface area (Å²) in [7, 11) is 0. The maximum atomic E-state index is 14.3. The molecule has 0 bridgehead atoms. The Morgan fingerprint density at radius 1 is 1.12 bits per heavy atom. The van der Waals surface area contributed by atoms with Gasteiger partial charge in [0, 0.05) is 18.8 Å². The van der Waals surface area contributed by atoms with E-state index in [1.807, 2.05) is 0 Å². The fourth-order valence-electron chi connectivity index (χ4n) is 3.51. The molecule has 0 radical (unpaired) electrons. The Labute approximate surface area is 150 Å². The quantitative estimate of drug-likeness (QED) is 0.769. The van der Waals surface area contributed by atoms with Crippen molar-refractivity contribution in [2.75, 3.05) is 0 Å². The van der Waals surface area contributed by atoms with Crippen LogP contribution in [0.2, 0.25) is 0 Å². The van der Waals surface area contributed by atoms with E-state index < -0.39 is 36.0 Å². The number of benzene rings is 1. The van der Waals surface area contributed by atoms with Gasteiger partial charge < -0.3 is 4.84 Å².